The summed E-state index contributed by atoms with van der Waals surface area (Å²) in [5.74, 6) is 1.71. The van der Waals surface area contributed by atoms with Crippen LogP contribution in [0.15, 0.2) is 42.0 Å². The van der Waals surface area contributed by atoms with Gasteiger partial charge in [-0.05, 0) is 30.5 Å². The Morgan fingerprint density at radius 2 is 2.07 bits per heavy atom. The number of hydrogen-bond acceptors (Lipinski definition) is 4. The molecule has 0 aliphatic heterocycles. The molecule has 0 bridgehead atoms. The van der Waals surface area contributed by atoms with E-state index >= 15 is 0 Å². The zero-order chi connectivity index (χ0) is 20.0. The van der Waals surface area contributed by atoms with Crippen molar-refractivity contribution in [3.63, 3.8) is 0 Å². The topological polar surface area (TPSA) is 87.4 Å². The van der Waals surface area contributed by atoms with Crippen molar-refractivity contribution in [3.05, 3.63) is 42.6 Å². The molecule has 0 aromatic carbocycles. The molecule has 1 saturated carbocycles. The predicted molar refractivity (Wildman–Crippen MR) is 109 cm³/mol. The van der Waals surface area contributed by atoms with Crippen LogP contribution in [0.1, 0.15) is 31.2 Å². The van der Waals surface area contributed by atoms with Gasteiger partial charge in [-0.3, -0.25) is 14.4 Å². The van der Waals surface area contributed by atoms with Crippen molar-refractivity contribution >= 4 is 11.9 Å². The molecule has 0 atom stereocenters. The molecule has 150 valence electrons. The molecule has 3 rings (SSSR count). The van der Waals surface area contributed by atoms with Crippen molar-refractivity contribution in [1.82, 2.24) is 30.1 Å². The second-order valence-corrected chi connectivity index (χ2v) is 7.46. The molecule has 1 fully saturated rings. The fourth-order valence-corrected chi connectivity index (χ4v) is 3.76. The predicted octanol–water partition coefficient (Wildman–Crippen LogP) is 1.58. The molecule has 2 aromatic rings. The van der Waals surface area contributed by atoms with Crippen LogP contribution in [0.3, 0.4) is 0 Å². The second kappa shape index (κ2) is 8.86. The SMILES string of the molecule is CN=C(NCc1ccnc(-n2ccnc2)c1)NCC1(C(=O)N(C)C)CCCC1. The minimum Gasteiger partial charge on any atom is -0.355 e. The maximum atomic E-state index is 12.7. The van der Waals surface area contributed by atoms with Gasteiger partial charge in [0.2, 0.25) is 5.91 Å². The van der Waals surface area contributed by atoms with Crippen LogP contribution in [-0.4, -0.2) is 59.0 Å². The third-order valence-corrected chi connectivity index (χ3v) is 5.28. The van der Waals surface area contributed by atoms with E-state index in [0.717, 1.165) is 37.1 Å². The molecule has 1 aliphatic rings. The molecule has 0 radical (unpaired) electrons. The number of carbonyl (C=O) groups is 1. The van der Waals surface area contributed by atoms with Crippen LogP contribution in [0, 0.1) is 5.41 Å². The van der Waals surface area contributed by atoms with E-state index in [2.05, 4.69) is 25.6 Å². The summed E-state index contributed by atoms with van der Waals surface area (Å²) in [5, 5.41) is 6.69. The number of imidazole rings is 1. The van der Waals surface area contributed by atoms with Crippen LogP contribution in [0.25, 0.3) is 5.82 Å². The van der Waals surface area contributed by atoms with Gasteiger partial charge in [0.05, 0.1) is 5.41 Å². The maximum Gasteiger partial charge on any atom is 0.230 e. The van der Waals surface area contributed by atoms with Crippen molar-refractivity contribution in [2.24, 2.45) is 10.4 Å². The minimum atomic E-state index is -0.327. The summed E-state index contributed by atoms with van der Waals surface area (Å²) in [7, 11) is 5.40. The summed E-state index contributed by atoms with van der Waals surface area (Å²) in [6, 6.07) is 3.98. The number of aromatic nitrogens is 3. The summed E-state index contributed by atoms with van der Waals surface area (Å²) in [5.41, 5.74) is 0.758. The van der Waals surface area contributed by atoms with Crippen LogP contribution >= 0.6 is 0 Å². The first-order valence-corrected chi connectivity index (χ1v) is 9.64. The fourth-order valence-electron chi connectivity index (χ4n) is 3.76. The van der Waals surface area contributed by atoms with Gasteiger partial charge in [-0.2, -0.15) is 0 Å². The van der Waals surface area contributed by atoms with E-state index < -0.39 is 0 Å². The second-order valence-electron chi connectivity index (χ2n) is 7.46. The highest BCUT2D eigenvalue weighted by Crippen LogP contribution is 2.38. The lowest BCUT2D eigenvalue weighted by Gasteiger charge is -2.31. The summed E-state index contributed by atoms with van der Waals surface area (Å²) < 4.78 is 1.87. The zero-order valence-electron chi connectivity index (χ0n) is 16.9. The van der Waals surface area contributed by atoms with E-state index in [1.165, 1.54) is 0 Å². The molecule has 28 heavy (non-hydrogen) atoms. The Labute approximate surface area is 166 Å². The van der Waals surface area contributed by atoms with Crippen LogP contribution < -0.4 is 10.6 Å². The number of hydrogen-bond donors (Lipinski definition) is 2. The summed E-state index contributed by atoms with van der Waals surface area (Å²) in [6.45, 7) is 1.21. The molecule has 0 spiro atoms. The quantitative estimate of drug-likeness (QED) is 0.584. The van der Waals surface area contributed by atoms with E-state index in [1.807, 2.05) is 37.0 Å². The molecular formula is C20H29N7O. The van der Waals surface area contributed by atoms with Crippen molar-refractivity contribution in [2.75, 3.05) is 27.7 Å². The van der Waals surface area contributed by atoms with Crippen molar-refractivity contribution in [3.8, 4) is 5.82 Å². The first-order chi connectivity index (χ1) is 13.5. The molecule has 8 nitrogen and oxygen atoms in total. The normalized spacial score (nSPS) is 16.0. The van der Waals surface area contributed by atoms with Gasteiger partial charge in [0, 0.05) is 52.8 Å². The lowest BCUT2D eigenvalue weighted by molar-refractivity contribution is -0.138. The standard InChI is InChI=1S/C20H29N7O/c1-21-19(25-14-20(7-4-5-8-20)18(28)26(2)3)24-13-16-6-9-23-17(12-16)27-11-10-22-15-27/h6,9-12,15H,4-5,7-8,13-14H2,1-3H3,(H2,21,24,25). The van der Waals surface area contributed by atoms with Crippen LogP contribution in [0.2, 0.25) is 0 Å². The molecule has 2 aromatic heterocycles. The van der Waals surface area contributed by atoms with Gasteiger partial charge in [-0.15, -0.1) is 0 Å². The number of amides is 1. The van der Waals surface area contributed by atoms with Gasteiger partial charge in [-0.1, -0.05) is 12.8 Å². The molecule has 0 unspecified atom stereocenters. The molecule has 8 heteroatoms. The summed E-state index contributed by atoms with van der Waals surface area (Å²) >= 11 is 0. The first-order valence-electron chi connectivity index (χ1n) is 9.64. The van der Waals surface area contributed by atoms with Crippen LogP contribution in [0.4, 0.5) is 0 Å². The van der Waals surface area contributed by atoms with Gasteiger partial charge in [0.15, 0.2) is 5.96 Å². The molecule has 1 amide bonds. The third-order valence-electron chi connectivity index (χ3n) is 5.28. The molecule has 2 heterocycles. The lowest BCUT2D eigenvalue weighted by atomic mass is 9.84. The van der Waals surface area contributed by atoms with Crippen molar-refractivity contribution < 1.29 is 4.79 Å². The van der Waals surface area contributed by atoms with E-state index in [9.17, 15) is 4.79 Å². The molecule has 2 N–H and O–H groups in total. The number of guanidine groups is 1. The van der Waals surface area contributed by atoms with E-state index in [4.69, 9.17) is 0 Å². The number of nitrogens with zero attached hydrogens (tertiary/aromatic N) is 5. The Hall–Kier alpha value is -2.90. The average molecular weight is 384 g/mol. The zero-order valence-corrected chi connectivity index (χ0v) is 16.9. The lowest BCUT2D eigenvalue weighted by Crippen LogP contribution is -2.49. The number of aliphatic imine (C=N–C) groups is 1. The minimum absolute atomic E-state index is 0.201. The Morgan fingerprint density at radius 3 is 2.71 bits per heavy atom. The first kappa shape index (κ1) is 19.9. The fraction of sp³-hybridized carbons (Fsp3) is 0.500. The number of rotatable bonds is 6. The summed E-state index contributed by atoms with van der Waals surface area (Å²) in [6.07, 6.45) is 11.1. The van der Waals surface area contributed by atoms with Gasteiger partial charge in [0.25, 0.3) is 0 Å². The molecule has 1 aliphatic carbocycles. The Kier molecular flexibility index (Phi) is 6.28. The van der Waals surface area contributed by atoms with Gasteiger partial charge in [0.1, 0.15) is 12.1 Å². The Morgan fingerprint density at radius 1 is 1.29 bits per heavy atom. The molecular weight excluding hydrogens is 354 g/mol. The number of pyridine rings is 1. The number of nitrogens with one attached hydrogen (secondary N) is 2. The van der Waals surface area contributed by atoms with Gasteiger partial charge < -0.3 is 15.5 Å². The van der Waals surface area contributed by atoms with E-state index in [-0.39, 0.29) is 11.3 Å². The van der Waals surface area contributed by atoms with Crippen molar-refractivity contribution in [1.29, 1.82) is 0 Å². The van der Waals surface area contributed by atoms with Crippen molar-refractivity contribution in [2.45, 2.75) is 32.2 Å². The third kappa shape index (κ3) is 4.49. The van der Waals surface area contributed by atoms with Gasteiger partial charge in [-0.25, -0.2) is 9.97 Å². The Balaban J connectivity index is 1.59. The largest absolute Gasteiger partial charge is 0.355 e. The van der Waals surface area contributed by atoms with Gasteiger partial charge >= 0.3 is 0 Å². The smallest absolute Gasteiger partial charge is 0.230 e. The highest BCUT2D eigenvalue weighted by Gasteiger charge is 2.42. The summed E-state index contributed by atoms with van der Waals surface area (Å²) in [4.78, 5) is 27.2. The van der Waals surface area contributed by atoms with E-state index in [0.29, 0.717) is 19.0 Å². The Bertz CT molecular complexity index is 808. The highest BCUT2D eigenvalue weighted by molar-refractivity contribution is 5.85. The monoisotopic (exact) mass is 383 g/mol. The number of carbonyl (C=O) groups excluding carboxylic acids is 1. The van der Waals surface area contributed by atoms with Crippen LogP contribution in [0.5, 0.6) is 0 Å². The average Bonchev–Trinajstić information content (AvgIpc) is 3.40. The molecule has 0 saturated heterocycles. The maximum absolute atomic E-state index is 12.7. The van der Waals surface area contributed by atoms with E-state index in [1.54, 1.807) is 30.7 Å². The van der Waals surface area contributed by atoms with Crippen LogP contribution in [-0.2, 0) is 11.3 Å². The highest BCUT2D eigenvalue weighted by atomic mass is 16.2.